The highest BCUT2D eigenvalue weighted by Crippen LogP contribution is 2.14. The molecule has 114 valence electrons. The fourth-order valence-corrected chi connectivity index (χ4v) is 1.44. The van der Waals surface area contributed by atoms with Crippen LogP contribution in [0.1, 0.15) is 25.4 Å². The number of aliphatic imine (C=N–C) groups is 1. The van der Waals surface area contributed by atoms with E-state index in [-0.39, 0.29) is 0 Å². The van der Waals surface area contributed by atoms with E-state index in [1.165, 1.54) is 12.5 Å². The summed E-state index contributed by atoms with van der Waals surface area (Å²) in [6.07, 6.45) is 7.94. The van der Waals surface area contributed by atoms with Gasteiger partial charge in [0.15, 0.2) is 0 Å². The van der Waals surface area contributed by atoms with Crippen LogP contribution in [0.5, 0.6) is 0 Å². The molecule has 0 aliphatic heterocycles. The van der Waals surface area contributed by atoms with Crippen LogP contribution in [0.2, 0.25) is 0 Å². The summed E-state index contributed by atoms with van der Waals surface area (Å²) in [5.74, 6) is 0.670. The zero-order valence-corrected chi connectivity index (χ0v) is 13.0. The van der Waals surface area contributed by atoms with Crippen LogP contribution >= 0.6 is 0 Å². The summed E-state index contributed by atoms with van der Waals surface area (Å²) < 4.78 is 5.19. The third-order valence-electron chi connectivity index (χ3n) is 2.30. The van der Waals surface area contributed by atoms with Crippen molar-refractivity contribution >= 4 is 5.71 Å². The first-order chi connectivity index (χ1) is 10.7. The minimum Gasteiger partial charge on any atom is -0.332 e. The van der Waals surface area contributed by atoms with Gasteiger partial charge in [0, 0.05) is 11.9 Å². The van der Waals surface area contributed by atoms with Crippen LogP contribution in [-0.4, -0.2) is 25.8 Å². The minimum absolute atomic E-state index is 0.314. The molecule has 0 aromatic carbocycles. The van der Waals surface area contributed by atoms with Crippen LogP contribution in [0.15, 0.2) is 59.5 Å². The molecule has 0 radical (unpaired) electrons. The van der Waals surface area contributed by atoms with Gasteiger partial charge in [-0.25, -0.2) is 9.97 Å². The topological polar surface area (TPSA) is 77.1 Å². The van der Waals surface area contributed by atoms with Crippen LogP contribution in [0.25, 0.3) is 11.6 Å². The zero-order chi connectivity index (χ0) is 16.4. The Hall–Kier alpha value is -2.89. The lowest BCUT2D eigenvalue weighted by atomic mass is 10.3. The third-order valence-corrected chi connectivity index (χ3v) is 2.30. The van der Waals surface area contributed by atoms with Gasteiger partial charge in [-0.3, -0.25) is 4.99 Å². The fraction of sp³-hybridized carbons (Fsp3) is 0.188. The maximum atomic E-state index is 5.19. The summed E-state index contributed by atoms with van der Waals surface area (Å²) >= 11 is 0. The SMILES string of the molecule is C=C/C=C\C(=NC=C)c1noc(-c2cc(C)ncn2)n1.CC. The van der Waals surface area contributed by atoms with Crippen molar-refractivity contribution in [2.75, 3.05) is 0 Å². The molecule has 0 spiro atoms. The number of aromatic nitrogens is 4. The summed E-state index contributed by atoms with van der Waals surface area (Å²) in [7, 11) is 0. The molecule has 2 rings (SSSR count). The highest BCUT2D eigenvalue weighted by atomic mass is 16.5. The minimum atomic E-state index is 0.314. The molecule has 6 nitrogen and oxygen atoms in total. The number of aryl methyl sites for hydroxylation is 1. The van der Waals surface area contributed by atoms with Gasteiger partial charge < -0.3 is 4.52 Å². The van der Waals surface area contributed by atoms with Gasteiger partial charge in [-0.1, -0.05) is 44.3 Å². The van der Waals surface area contributed by atoms with Gasteiger partial charge in [0.2, 0.25) is 5.82 Å². The largest absolute Gasteiger partial charge is 0.332 e. The standard InChI is InChI=1S/C14H13N5O.C2H6/c1-4-6-7-11(15-5-2)13-18-14(20-19-13)12-8-10(3)16-9-17-12;1-2/h4-9H,1-2H2,3H3;1-2H3/b7-6-,15-11?;. The van der Waals surface area contributed by atoms with Gasteiger partial charge in [-0.05, 0) is 19.1 Å². The van der Waals surface area contributed by atoms with Crippen molar-refractivity contribution in [1.29, 1.82) is 0 Å². The number of nitrogens with zero attached hydrogens (tertiary/aromatic N) is 5. The zero-order valence-electron chi connectivity index (χ0n) is 13.0. The smallest absolute Gasteiger partial charge is 0.277 e. The molecule has 0 saturated carbocycles. The lowest BCUT2D eigenvalue weighted by Crippen LogP contribution is -1.99. The van der Waals surface area contributed by atoms with E-state index in [2.05, 4.69) is 38.3 Å². The van der Waals surface area contributed by atoms with E-state index in [0.717, 1.165) is 5.69 Å². The molecule has 0 amide bonds. The van der Waals surface area contributed by atoms with Crippen molar-refractivity contribution in [2.45, 2.75) is 20.8 Å². The predicted octanol–water partition coefficient (Wildman–Crippen LogP) is 3.54. The molecular weight excluding hydrogens is 278 g/mol. The second kappa shape index (κ2) is 9.12. The Morgan fingerprint density at radius 3 is 2.68 bits per heavy atom. The van der Waals surface area contributed by atoms with E-state index in [4.69, 9.17) is 4.52 Å². The number of hydrogen-bond donors (Lipinski definition) is 0. The first-order valence-corrected chi connectivity index (χ1v) is 6.85. The molecule has 0 atom stereocenters. The molecule has 0 fully saturated rings. The van der Waals surface area contributed by atoms with Crippen LogP contribution in [0, 0.1) is 6.92 Å². The van der Waals surface area contributed by atoms with E-state index in [0.29, 0.717) is 23.1 Å². The van der Waals surface area contributed by atoms with Gasteiger partial charge in [0.05, 0.1) is 0 Å². The first kappa shape index (κ1) is 17.2. The fourth-order valence-electron chi connectivity index (χ4n) is 1.44. The number of hydrogen-bond acceptors (Lipinski definition) is 6. The summed E-state index contributed by atoms with van der Waals surface area (Å²) in [5, 5.41) is 3.88. The van der Waals surface area contributed by atoms with Crippen molar-refractivity contribution in [2.24, 2.45) is 4.99 Å². The Labute approximate surface area is 130 Å². The van der Waals surface area contributed by atoms with Crippen LogP contribution < -0.4 is 0 Å². The summed E-state index contributed by atoms with van der Waals surface area (Å²) in [5.41, 5.74) is 1.92. The molecule has 2 heterocycles. The van der Waals surface area contributed by atoms with E-state index in [1.807, 2.05) is 20.8 Å². The quantitative estimate of drug-likeness (QED) is 0.623. The Morgan fingerprint density at radius 1 is 1.27 bits per heavy atom. The van der Waals surface area contributed by atoms with Gasteiger partial charge in [0.25, 0.3) is 5.89 Å². The maximum Gasteiger partial charge on any atom is 0.277 e. The van der Waals surface area contributed by atoms with Gasteiger partial charge in [-0.15, -0.1) is 0 Å². The Balaban J connectivity index is 0.00000116. The highest BCUT2D eigenvalue weighted by molar-refractivity contribution is 6.06. The molecule has 0 unspecified atom stereocenters. The summed E-state index contributed by atoms with van der Waals surface area (Å²) in [4.78, 5) is 16.5. The van der Waals surface area contributed by atoms with Crippen molar-refractivity contribution in [3.8, 4) is 11.6 Å². The first-order valence-electron chi connectivity index (χ1n) is 6.85. The molecule has 0 saturated heterocycles. The van der Waals surface area contributed by atoms with Crippen molar-refractivity contribution in [3.05, 3.63) is 61.5 Å². The summed E-state index contributed by atoms with van der Waals surface area (Å²) in [6.45, 7) is 13.0. The second-order valence-corrected chi connectivity index (χ2v) is 3.76. The average molecular weight is 297 g/mol. The summed E-state index contributed by atoms with van der Waals surface area (Å²) in [6, 6.07) is 1.77. The lowest BCUT2D eigenvalue weighted by molar-refractivity contribution is 0.427. The average Bonchev–Trinajstić information content (AvgIpc) is 3.03. The van der Waals surface area contributed by atoms with Crippen molar-refractivity contribution < 1.29 is 4.52 Å². The number of allylic oxidation sites excluding steroid dienone is 3. The maximum absolute atomic E-state index is 5.19. The normalized spacial score (nSPS) is 11.0. The Kier molecular flexibility index (Phi) is 7.12. The van der Waals surface area contributed by atoms with Crippen LogP contribution in [0.3, 0.4) is 0 Å². The molecule has 0 bridgehead atoms. The number of rotatable bonds is 5. The van der Waals surface area contributed by atoms with Crippen molar-refractivity contribution in [1.82, 2.24) is 20.1 Å². The highest BCUT2D eigenvalue weighted by Gasteiger charge is 2.13. The molecule has 2 aromatic heterocycles. The molecule has 2 aromatic rings. The second-order valence-electron chi connectivity index (χ2n) is 3.76. The third kappa shape index (κ3) is 4.59. The molecule has 0 aliphatic rings. The lowest BCUT2D eigenvalue weighted by Gasteiger charge is -1.93. The predicted molar refractivity (Wildman–Crippen MR) is 87.5 cm³/mol. The van der Waals surface area contributed by atoms with Gasteiger partial charge in [0.1, 0.15) is 17.7 Å². The van der Waals surface area contributed by atoms with Crippen molar-refractivity contribution in [3.63, 3.8) is 0 Å². The van der Waals surface area contributed by atoms with E-state index >= 15 is 0 Å². The molecular formula is C16H19N5O. The van der Waals surface area contributed by atoms with Gasteiger partial charge >= 0.3 is 0 Å². The Morgan fingerprint density at radius 2 is 2.05 bits per heavy atom. The molecule has 22 heavy (non-hydrogen) atoms. The Bertz CT molecular complexity index is 685. The van der Waals surface area contributed by atoms with Crippen LogP contribution in [0.4, 0.5) is 0 Å². The van der Waals surface area contributed by atoms with E-state index in [9.17, 15) is 0 Å². The van der Waals surface area contributed by atoms with E-state index < -0.39 is 0 Å². The van der Waals surface area contributed by atoms with Crippen LogP contribution in [-0.2, 0) is 0 Å². The van der Waals surface area contributed by atoms with E-state index in [1.54, 1.807) is 24.3 Å². The monoisotopic (exact) mass is 297 g/mol. The van der Waals surface area contributed by atoms with Gasteiger partial charge in [-0.2, -0.15) is 4.98 Å². The molecule has 6 heteroatoms. The molecule has 0 N–H and O–H groups in total. The molecule has 0 aliphatic carbocycles.